The van der Waals surface area contributed by atoms with Crippen LogP contribution in [0.4, 0.5) is 0 Å². The van der Waals surface area contributed by atoms with Gasteiger partial charge in [-0.2, -0.15) is 0 Å². The van der Waals surface area contributed by atoms with E-state index in [1.807, 2.05) is 4.68 Å². The summed E-state index contributed by atoms with van der Waals surface area (Å²) in [5.41, 5.74) is 0. The van der Waals surface area contributed by atoms with Crippen molar-refractivity contribution in [3.05, 3.63) is 5.82 Å². The Morgan fingerprint density at radius 2 is 2.42 bits per heavy atom. The van der Waals surface area contributed by atoms with Gasteiger partial charge in [-0.3, -0.25) is 0 Å². The van der Waals surface area contributed by atoms with Gasteiger partial charge in [0.25, 0.3) is 0 Å². The van der Waals surface area contributed by atoms with Gasteiger partial charge in [-0.05, 0) is 37.1 Å². The maximum atomic E-state index is 5.57. The molecule has 0 bridgehead atoms. The van der Waals surface area contributed by atoms with Crippen molar-refractivity contribution in [2.75, 3.05) is 26.9 Å². The van der Waals surface area contributed by atoms with Gasteiger partial charge >= 0.3 is 0 Å². The van der Waals surface area contributed by atoms with Crippen LogP contribution in [-0.4, -0.2) is 53.2 Å². The monoisotopic (exact) mass is 269 g/mol. The molecule has 3 atom stereocenters. The van der Waals surface area contributed by atoms with E-state index in [9.17, 15) is 0 Å². The third kappa shape index (κ3) is 3.71. The van der Waals surface area contributed by atoms with Gasteiger partial charge in [0.15, 0.2) is 5.82 Å². The van der Waals surface area contributed by atoms with Gasteiger partial charge in [0.2, 0.25) is 0 Å². The molecule has 1 aliphatic heterocycles. The molecule has 0 aromatic carbocycles. The quantitative estimate of drug-likeness (QED) is 0.767. The van der Waals surface area contributed by atoms with Gasteiger partial charge in [-0.15, -0.1) is 5.10 Å². The zero-order chi connectivity index (χ0) is 13.7. The number of nitrogens with one attached hydrogen (secondary N) is 1. The standard InChI is InChI=1S/C12H23N5O2/c1-9-8-11(4-6-19-9)17-12(14-15-16-17)10(2)13-5-7-18-3/h9-11,13H,4-8H2,1-3H3. The second kappa shape index (κ2) is 6.93. The molecule has 0 saturated carbocycles. The fraction of sp³-hybridized carbons (Fsp3) is 0.917. The lowest BCUT2D eigenvalue weighted by Crippen LogP contribution is -2.30. The Morgan fingerprint density at radius 1 is 1.58 bits per heavy atom. The molecule has 7 nitrogen and oxygen atoms in total. The molecule has 0 spiro atoms. The topological polar surface area (TPSA) is 74.1 Å². The van der Waals surface area contributed by atoms with E-state index >= 15 is 0 Å². The molecule has 1 fully saturated rings. The largest absolute Gasteiger partial charge is 0.383 e. The predicted octanol–water partition coefficient (Wildman–Crippen LogP) is 0.710. The summed E-state index contributed by atoms with van der Waals surface area (Å²) in [6, 6.07) is 0.448. The lowest BCUT2D eigenvalue weighted by Gasteiger charge is -2.28. The highest BCUT2D eigenvalue weighted by molar-refractivity contribution is 4.93. The Kier molecular flexibility index (Phi) is 5.24. The van der Waals surface area contributed by atoms with E-state index in [1.54, 1.807) is 7.11 Å². The van der Waals surface area contributed by atoms with E-state index in [0.717, 1.165) is 31.8 Å². The van der Waals surface area contributed by atoms with Crippen LogP contribution in [0, 0.1) is 0 Å². The fourth-order valence-electron chi connectivity index (χ4n) is 2.41. The molecule has 1 aromatic rings. The van der Waals surface area contributed by atoms with E-state index in [-0.39, 0.29) is 12.1 Å². The second-order valence-electron chi connectivity index (χ2n) is 5.01. The summed E-state index contributed by atoms with van der Waals surface area (Å²) in [5, 5.41) is 15.5. The van der Waals surface area contributed by atoms with Crippen molar-refractivity contribution in [2.24, 2.45) is 0 Å². The van der Waals surface area contributed by atoms with Crippen molar-refractivity contribution in [3.8, 4) is 0 Å². The third-order valence-corrected chi connectivity index (χ3v) is 3.47. The highest BCUT2D eigenvalue weighted by atomic mass is 16.5. The lowest BCUT2D eigenvalue weighted by atomic mass is 10.0. The number of rotatable bonds is 6. The Hall–Kier alpha value is -1.05. The molecule has 0 aliphatic carbocycles. The van der Waals surface area contributed by atoms with Crippen molar-refractivity contribution in [2.45, 2.75) is 44.9 Å². The first-order chi connectivity index (χ1) is 9.22. The Balaban J connectivity index is 2.00. The van der Waals surface area contributed by atoms with Gasteiger partial charge in [0, 0.05) is 20.3 Å². The van der Waals surface area contributed by atoms with Crippen LogP contribution >= 0.6 is 0 Å². The van der Waals surface area contributed by atoms with Crippen molar-refractivity contribution in [1.29, 1.82) is 0 Å². The second-order valence-corrected chi connectivity index (χ2v) is 5.01. The summed E-state index contributed by atoms with van der Waals surface area (Å²) in [5.74, 6) is 0.884. The minimum absolute atomic E-state index is 0.114. The van der Waals surface area contributed by atoms with Crippen LogP contribution in [0.3, 0.4) is 0 Å². The number of methoxy groups -OCH3 is 1. The van der Waals surface area contributed by atoms with E-state index in [1.165, 1.54) is 0 Å². The fourth-order valence-corrected chi connectivity index (χ4v) is 2.41. The molecule has 0 radical (unpaired) electrons. The predicted molar refractivity (Wildman–Crippen MR) is 69.8 cm³/mol. The molecule has 0 amide bonds. The van der Waals surface area contributed by atoms with Gasteiger partial charge in [0.1, 0.15) is 0 Å². The van der Waals surface area contributed by atoms with Gasteiger partial charge < -0.3 is 14.8 Å². The van der Waals surface area contributed by atoms with Crippen LogP contribution in [0.5, 0.6) is 0 Å². The maximum Gasteiger partial charge on any atom is 0.168 e. The first-order valence-electron chi connectivity index (χ1n) is 6.84. The number of nitrogens with zero attached hydrogens (tertiary/aromatic N) is 4. The van der Waals surface area contributed by atoms with Crippen molar-refractivity contribution < 1.29 is 9.47 Å². The van der Waals surface area contributed by atoms with Gasteiger partial charge in [-0.1, -0.05) is 0 Å². The highest BCUT2D eigenvalue weighted by Crippen LogP contribution is 2.26. The molecule has 7 heteroatoms. The van der Waals surface area contributed by atoms with Crippen LogP contribution < -0.4 is 5.32 Å². The SMILES string of the molecule is COCCNC(C)c1nnnn1C1CCOC(C)C1. The van der Waals surface area contributed by atoms with Gasteiger partial charge in [-0.25, -0.2) is 4.68 Å². The molecule has 1 aliphatic rings. The molecule has 1 N–H and O–H groups in total. The molecule has 1 aromatic heterocycles. The summed E-state index contributed by atoms with van der Waals surface area (Å²) < 4.78 is 12.6. The van der Waals surface area contributed by atoms with Crippen molar-refractivity contribution >= 4 is 0 Å². The molecule has 2 heterocycles. The Morgan fingerprint density at radius 3 is 3.16 bits per heavy atom. The van der Waals surface area contributed by atoms with Gasteiger partial charge in [0.05, 0.1) is 24.8 Å². The minimum Gasteiger partial charge on any atom is -0.383 e. The lowest BCUT2D eigenvalue weighted by molar-refractivity contribution is 0.00225. The first-order valence-corrected chi connectivity index (χ1v) is 6.84. The van der Waals surface area contributed by atoms with Crippen molar-refractivity contribution in [3.63, 3.8) is 0 Å². The van der Waals surface area contributed by atoms with E-state index in [4.69, 9.17) is 9.47 Å². The minimum atomic E-state index is 0.114. The van der Waals surface area contributed by atoms with E-state index in [2.05, 4.69) is 34.7 Å². The molecule has 2 rings (SSSR count). The average Bonchev–Trinajstić information content (AvgIpc) is 2.88. The van der Waals surface area contributed by atoms with Crippen LogP contribution in [0.1, 0.15) is 44.6 Å². The Labute approximate surface area is 113 Å². The molecule has 19 heavy (non-hydrogen) atoms. The van der Waals surface area contributed by atoms with Crippen LogP contribution in [0.15, 0.2) is 0 Å². The Bertz CT molecular complexity index is 384. The number of aromatic nitrogens is 4. The van der Waals surface area contributed by atoms with E-state index < -0.39 is 0 Å². The molecule has 108 valence electrons. The van der Waals surface area contributed by atoms with E-state index in [0.29, 0.717) is 12.6 Å². The normalized spacial score (nSPS) is 25.4. The van der Waals surface area contributed by atoms with Crippen molar-refractivity contribution in [1.82, 2.24) is 25.5 Å². The van der Waals surface area contributed by atoms with Crippen LogP contribution in [0.25, 0.3) is 0 Å². The number of hydrogen-bond acceptors (Lipinski definition) is 6. The highest BCUT2D eigenvalue weighted by Gasteiger charge is 2.25. The summed E-state index contributed by atoms with van der Waals surface area (Å²) in [4.78, 5) is 0. The molecular formula is C12H23N5O2. The summed E-state index contributed by atoms with van der Waals surface area (Å²) in [7, 11) is 1.69. The summed E-state index contributed by atoms with van der Waals surface area (Å²) >= 11 is 0. The third-order valence-electron chi connectivity index (χ3n) is 3.47. The number of hydrogen-bond donors (Lipinski definition) is 1. The molecular weight excluding hydrogens is 246 g/mol. The average molecular weight is 269 g/mol. The smallest absolute Gasteiger partial charge is 0.168 e. The molecule has 3 unspecified atom stereocenters. The number of tetrazole rings is 1. The van der Waals surface area contributed by atoms with Crippen LogP contribution in [0.2, 0.25) is 0 Å². The molecule has 1 saturated heterocycles. The van der Waals surface area contributed by atoms with Crippen LogP contribution in [-0.2, 0) is 9.47 Å². The first kappa shape index (κ1) is 14.4. The maximum absolute atomic E-state index is 5.57. The summed E-state index contributed by atoms with van der Waals surface area (Å²) in [6.07, 6.45) is 2.20. The zero-order valence-electron chi connectivity index (χ0n) is 11.9. The summed E-state index contributed by atoms with van der Waals surface area (Å²) in [6.45, 7) is 6.41. The zero-order valence-corrected chi connectivity index (χ0v) is 11.9. The number of ether oxygens (including phenoxy) is 2.